The van der Waals surface area contributed by atoms with E-state index >= 15 is 0 Å². The Morgan fingerprint density at radius 3 is 2.71 bits per heavy atom. The smallest absolute Gasteiger partial charge is 0.255 e. The summed E-state index contributed by atoms with van der Waals surface area (Å²) in [6, 6.07) is 22.8. The zero-order valence-corrected chi connectivity index (χ0v) is 17.3. The van der Waals surface area contributed by atoms with Gasteiger partial charge < -0.3 is 10.1 Å². The van der Waals surface area contributed by atoms with E-state index in [0.29, 0.717) is 23.6 Å². The number of nitrogens with zero attached hydrogens (tertiary/aromatic N) is 3. The van der Waals surface area contributed by atoms with E-state index in [1.54, 1.807) is 30.0 Å². The predicted octanol–water partition coefficient (Wildman–Crippen LogP) is 5.31. The van der Waals surface area contributed by atoms with Gasteiger partial charge in [-0.05, 0) is 54.6 Å². The van der Waals surface area contributed by atoms with Gasteiger partial charge in [-0.25, -0.2) is 9.97 Å². The first-order chi connectivity index (χ1) is 15.3. The van der Waals surface area contributed by atoms with Crippen LogP contribution in [0.15, 0.2) is 90.0 Å². The molecule has 0 aliphatic heterocycles. The maximum Gasteiger partial charge on any atom is 0.255 e. The van der Waals surface area contributed by atoms with Crippen LogP contribution in [0.2, 0.25) is 0 Å². The molecule has 0 spiro atoms. The number of ether oxygens (including phenoxy) is 1. The Labute approximate surface area is 182 Å². The fraction of sp³-hybridized carbons (Fsp3) is 0.0417. The van der Waals surface area contributed by atoms with Crippen molar-refractivity contribution >= 4 is 34.0 Å². The average Bonchev–Trinajstić information content (AvgIpc) is 3.48. The standard InChI is InChI=1S/C24H18N4O2S/c29-24(17-4-3-5-21(12-17)30-13-19-14-31-16-26-19)27-18-8-10-20(11-9-18)28-15-25-22-6-1-2-7-23(22)28/h1-12,14-16H,13H2,(H,27,29). The lowest BCUT2D eigenvalue weighted by Gasteiger charge is -2.09. The van der Waals surface area contributed by atoms with E-state index in [1.807, 2.05) is 64.5 Å². The number of para-hydroxylation sites is 2. The Balaban J connectivity index is 1.28. The lowest BCUT2D eigenvalue weighted by atomic mass is 10.2. The summed E-state index contributed by atoms with van der Waals surface area (Å²) in [6.07, 6.45) is 1.80. The Bertz CT molecular complexity index is 1330. The number of nitrogens with one attached hydrogen (secondary N) is 1. The van der Waals surface area contributed by atoms with Crippen LogP contribution in [0.1, 0.15) is 16.1 Å². The van der Waals surface area contributed by atoms with Gasteiger partial charge in [0.25, 0.3) is 5.91 Å². The Kier molecular flexibility index (Phi) is 5.16. The summed E-state index contributed by atoms with van der Waals surface area (Å²) in [6.45, 7) is 0.374. The van der Waals surface area contributed by atoms with Gasteiger partial charge in [-0.1, -0.05) is 18.2 Å². The van der Waals surface area contributed by atoms with E-state index in [0.717, 1.165) is 22.4 Å². The van der Waals surface area contributed by atoms with E-state index in [1.165, 1.54) is 11.3 Å². The molecule has 0 radical (unpaired) electrons. The summed E-state index contributed by atoms with van der Waals surface area (Å²) in [5, 5.41) is 4.87. The molecule has 6 nitrogen and oxygen atoms in total. The lowest BCUT2D eigenvalue weighted by Crippen LogP contribution is -2.12. The fourth-order valence-corrected chi connectivity index (χ4v) is 3.81. The van der Waals surface area contributed by atoms with Crippen LogP contribution in [-0.2, 0) is 6.61 Å². The zero-order valence-electron chi connectivity index (χ0n) is 16.4. The van der Waals surface area contributed by atoms with Crippen molar-refractivity contribution < 1.29 is 9.53 Å². The summed E-state index contributed by atoms with van der Waals surface area (Å²) < 4.78 is 7.76. The van der Waals surface area contributed by atoms with Crippen molar-refractivity contribution in [2.75, 3.05) is 5.32 Å². The third-order valence-electron chi connectivity index (χ3n) is 4.82. The summed E-state index contributed by atoms with van der Waals surface area (Å²) >= 11 is 1.52. The molecule has 152 valence electrons. The summed E-state index contributed by atoms with van der Waals surface area (Å²) in [7, 11) is 0. The minimum atomic E-state index is -0.195. The van der Waals surface area contributed by atoms with Crippen molar-refractivity contribution in [2.45, 2.75) is 6.61 Å². The van der Waals surface area contributed by atoms with Crippen LogP contribution < -0.4 is 10.1 Å². The highest BCUT2D eigenvalue weighted by atomic mass is 32.1. The second-order valence-corrected chi connectivity index (χ2v) is 7.62. The van der Waals surface area contributed by atoms with Crippen LogP contribution in [0, 0.1) is 0 Å². The fourth-order valence-electron chi connectivity index (χ4n) is 3.27. The minimum Gasteiger partial charge on any atom is -0.487 e. The number of imidazole rings is 1. The number of rotatable bonds is 6. The average molecular weight is 427 g/mol. The van der Waals surface area contributed by atoms with Gasteiger partial charge in [0.05, 0.1) is 22.2 Å². The summed E-state index contributed by atoms with van der Waals surface area (Å²) in [4.78, 5) is 21.3. The minimum absolute atomic E-state index is 0.195. The van der Waals surface area contributed by atoms with Gasteiger partial charge in [0, 0.05) is 22.3 Å². The van der Waals surface area contributed by atoms with Gasteiger partial charge >= 0.3 is 0 Å². The number of carbonyl (C=O) groups excluding carboxylic acids is 1. The van der Waals surface area contributed by atoms with Crippen LogP contribution in [-0.4, -0.2) is 20.4 Å². The van der Waals surface area contributed by atoms with Crippen LogP contribution in [0.5, 0.6) is 5.75 Å². The Morgan fingerprint density at radius 1 is 1.00 bits per heavy atom. The molecule has 1 amide bonds. The molecule has 0 aliphatic rings. The molecule has 0 saturated carbocycles. The van der Waals surface area contributed by atoms with E-state index in [-0.39, 0.29) is 5.91 Å². The highest BCUT2D eigenvalue weighted by Crippen LogP contribution is 2.21. The lowest BCUT2D eigenvalue weighted by molar-refractivity contribution is 0.102. The molecule has 31 heavy (non-hydrogen) atoms. The number of amides is 1. The largest absolute Gasteiger partial charge is 0.487 e. The Hall–Kier alpha value is -3.97. The van der Waals surface area contributed by atoms with Crippen molar-refractivity contribution in [1.82, 2.24) is 14.5 Å². The summed E-state index contributed by atoms with van der Waals surface area (Å²) in [5.41, 5.74) is 6.83. The quantitative estimate of drug-likeness (QED) is 0.399. The van der Waals surface area contributed by atoms with Crippen molar-refractivity contribution in [3.05, 3.63) is 101 Å². The zero-order chi connectivity index (χ0) is 21.0. The van der Waals surface area contributed by atoms with E-state index in [4.69, 9.17) is 4.74 Å². The maximum absolute atomic E-state index is 12.7. The maximum atomic E-state index is 12.7. The molecular weight excluding hydrogens is 408 g/mol. The number of benzene rings is 3. The first-order valence-corrected chi connectivity index (χ1v) is 10.6. The van der Waals surface area contributed by atoms with E-state index in [9.17, 15) is 4.79 Å². The molecule has 2 aromatic heterocycles. The molecule has 0 fully saturated rings. The number of anilines is 1. The molecule has 5 aromatic rings. The number of thiazole rings is 1. The van der Waals surface area contributed by atoms with Crippen LogP contribution >= 0.6 is 11.3 Å². The van der Waals surface area contributed by atoms with Gasteiger partial charge in [0.15, 0.2) is 0 Å². The molecule has 7 heteroatoms. The SMILES string of the molecule is O=C(Nc1ccc(-n2cnc3ccccc32)cc1)c1cccc(OCc2cscn2)c1. The monoisotopic (exact) mass is 426 g/mol. The van der Waals surface area contributed by atoms with Gasteiger partial charge in [0.1, 0.15) is 18.7 Å². The molecule has 0 saturated heterocycles. The number of carbonyl (C=O) groups is 1. The third-order valence-corrected chi connectivity index (χ3v) is 5.46. The molecular formula is C24H18N4O2S. The normalized spacial score (nSPS) is 10.8. The number of aromatic nitrogens is 3. The molecule has 2 heterocycles. The molecule has 5 rings (SSSR count). The number of fused-ring (bicyclic) bond motifs is 1. The molecule has 3 aromatic carbocycles. The number of hydrogen-bond donors (Lipinski definition) is 1. The van der Waals surface area contributed by atoms with Crippen molar-refractivity contribution in [3.63, 3.8) is 0 Å². The second kappa shape index (κ2) is 8.41. The first kappa shape index (κ1) is 19.0. The van der Waals surface area contributed by atoms with Gasteiger partial charge in [-0.2, -0.15) is 0 Å². The van der Waals surface area contributed by atoms with E-state index in [2.05, 4.69) is 15.3 Å². The molecule has 0 bridgehead atoms. The Morgan fingerprint density at radius 2 is 1.87 bits per heavy atom. The highest BCUT2D eigenvalue weighted by molar-refractivity contribution is 7.07. The summed E-state index contributed by atoms with van der Waals surface area (Å²) in [5.74, 6) is 0.433. The molecule has 1 N–H and O–H groups in total. The van der Waals surface area contributed by atoms with Crippen LogP contribution in [0.4, 0.5) is 5.69 Å². The predicted molar refractivity (Wildman–Crippen MR) is 122 cm³/mol. The van der Waals surface area contributed by atoms with E-state index < -0.39 is 0 Å². The molecule has 0 atom stereocenters. The third kappa shape index (κ3) is 4.17. The van der Waals surface area contributed by atoms with Gasteiger partial charge in [-0.15, -0.1) is 11.3 Å². The van der Waals surface area contributed by atoms with Gasteiger partial charge in [-0.3, -0.25) is 9.36 Å². The van der Waals surface area contributed by atoms with Crippen molar-refractivity contribution in [1.29, 1.82) is 0 Å². The molecule has 0 unspecified atom stereocenters. The van der Waals surface area contributed by atoms with Crippen molar-refractivity contribution in [3.8, 4) is 11.4 Å². The number of hydrogen-bond acceptors (Lipinski definition) is 5. The highest BCUT2D eigenvalue weighted by Gasteiger charge is 2.09. The van der Waals surface area contributed by atoms with Gasteiger partial charge in [0.2, 0.25) is 0 Å². The molecule has 0 aliphatic carbocycles. The van der Waals surface area contributed by atoms with Crippen LogP contribution in [0.25, 0.3) is 16.7 Å². The van der Waals surface area contributed by atoms with Crippen LogP contribution in [0.3, 0.4) is 0 Å². The van der Waals surface area contributed by atoms with Crippen molar-refractivity contribution in [2.24, 2.45) is 0 Å². The topological polar surface area (TPSA) is 69.0 Å². The second-order valence-electron chi connectivity index (χ2n) is 6.90. The first-order valence-electron chi connectivity index (χ1n) is 9.70.